The number of pyridine rings is 1. The summed E-state index contributed by atoms with van der Waals surface area (Å²) in [7, 11) is -1.93. The van der Waals surface area contributed by atoms with Gasteiger partial charge in [0.2, 0.25) is 28.1 Å². The number of unbranched alkanes of at least 4 members (excludes halogenated alkanes) is 2. The monoisotopic (exact) mass is 1340 g/mol. The molecule has 3 aromatic heterocycles. The number of hydrogen-bond donors (Lipinski definition) is 8. The predicted molar refractivity (Wildman–Crippen MR) is 351 cm³/mol. The number of aromatic nitrogens is 4. The number of ether oxygens (including phenoxy) is 4. The molecule has 5 heterocycles. The fourth-order valence-corrected chi connectivity index (χ4v) is 16.6. The number of nitrogens with one attached hydrogen (secondary N) is 4. The minimum Gasteiger partial charge on any atom is -0.479 e. The number of fused-ring (bicyclic) bond motifs is 2. The van der Waals surface area contributed by atoms with Crippen LogP contribution in [-0.2, 0) is 64.7 Å². The van der Waals surface area contributed by atoms with Crippen molar-refractivity contribution in [1.82, 2.24) is 34.7 Å². The second-order valence-corrected chi connectivity index (χ2v) is 29.2. The molecular formula is C67H80N10O16S2. The number of carboxylic acid groups (broad SMARTS) is 2. The number of amides is 4. The molecule has 4 saturated carbocycles. The number of carboxylic acids is 2. The summed E-state index contributed by atoms with van der Waals surface area (Å²) in [6, 6.07) is 21.4. The lowest BCUT2D eigenvalue weighted by Crippen LogP contribution is -2.52. The average Bonchev–Trinajstić information content (AvgIpc) is 1.51. The molecule has 12 rings (SSSR count). The number of benzene rings is 3. The molecule has 3 aromatic carbocycles. The summed E-state index contributed by atoms with van der Waals surface area (Å²) in [5.74, 6) is -3.28. The van der Waals surface area contributed by atoms with Crippen LogP contribution < -0.4 is 30.3 Å². The minimum absolute atomic E-state index is 0.0194. The van der Waals surface area contributed by atoms with Crippen LogP contribution in [0, 0.1) is 23.2 Å². The van der Waals surface area contributed by atoms with E-state index in [2.05, 4.69) is 46.1 Å². The topological polar surface area (TPSA) is 353 Å². The van der Waals surface area contributed by atoms with Gasteiger partial charge in [0.05, 0.1) is 40.4 Å². The maximum Gasteiger partial charge on any atom is 0.409 e. The van der Waals surface area contributed by atoms with E-state index in [1.807, 2.05) is 59.0 Å². The highest BCUT2D eigenvalue weighted by Gasteiger charge is 2.74. The molecule has 8 atom stereocenters. The van der Waals surface area contributed by atoms with Crippen molar-refractivity contribution < 1.29 is 76.6 Å². The molecular weight excluding hydrogens is 1260 g/mol. The van der Waals surface area contributed by atoms with Gasteiger partial charge in [-0.05, 0) is 134 Å². The maximum absolute atomic E-state index is 13.8. The SMILES string of the molecule is C=CS(=O)(=O)NCCCCCC(=O)NCCC(=O)Nc1cc(COC(=O)N(C)CCOC23CC4(C)CC(Cn5ncc(-c6ccc(N7CCc8cccc(C(=O)Nc9nc%10ccccc%10s9)c8C7)nc6C(=O)O)c5C)(CC2(C)C4)C3)ccc1O[C@@H]1O[C@H](C(=O)O)C[C@H](O)[C@H]1O. The highest BCUT2D eigenvalue weighted by atomic mass is 32.2. The van der Waals surface area contributed by atoms with E-state index in [1.54, 1.807) is 25.4 Å². The molecule has 28 heteroatoms. The Kier molecular flexibility index (Phi) is 19.9. The molecule has 6 aliphatic rings. The highest BCUT2D eigenvalue weighted by molar-refractivity contribution is 7.92. The number of hydrogen-bond acceptors (Lipinski definition) is 19. The van der Waals surface area contributed by atoms with E-state index in [9.17, 15) is 57.6 Å². The van der Waals surface area contributed by atoms with Crippen LogP contribution >= 0.6 is 11.3 Å². The zero-order valence-electron chi connectivity index (χ0n) is 53.4. The smallest absolute Gasteiger partial charge is 0.409 e. The third kappa shape index (κ3) is 15.0. The number of aliphatic hydroxyl groups excluding tert-OH is 2. The Hall–Kier alpha value is -8.38. The number of aliphatic carboxylic acids is 1. The standard InChI is InChI=1S/C67H80N10O16S2/c1-6-95(88,89)70-24-11-7-8-17-54(79)68-25-22-55(80)71-48-29-41(18-20-50(48)92-61-57(81)49(78)30-51(93-61)59(83)84)33-90-63(87)75(5)27-28-91-67-36-64(3)34-65(67,4)37-66(35-64,38-67)39-77-40(2)45(31-69-77)43-19-21-53(73-56(43)60(85)86)76-26-23-42-13-12-14-44(46(42)32-76)58(82)74-62-72-47-15-9-10-16-52(47)94-62/h6,9-10,12-16,18-21,29,31,49,51,57,61,70,78,81H,1,7-8,11,17,22-28,30,32-39H2,2-5H3,(H,68,79)(H,71,80)(H,83,84)(H,85,86)(H,72,74,82)/t49-,51-,57+,61+,64?,65?,66?,67?/m0/s1. The summed E-state index contributed by atoms with van der Waals surface area (Å²) in [6.07, 6.45) is 0.995. The van der Waals surface area contributed by atoms with Crippen molar-refractivity contribution in [2.75, 3.05) is 55.4 Å². The van der Waals surface area contributed by atoms with Gasteiger partial charge in [-0.25, -0.2) is 37.5 Å². The third-order valence-corrected chi connectivity index (χ3v) is 21.2. The van der Waals surface area contributed by atoms with Crippen molar-refractivity contribution in [3.63, 3.8) is 0 Å². The Balaban J connectivity index is 0.697. The first-order valence-electron chi connectivity index (χ1n) is 31.8. The molecule has 1 saturated heterocycles. The quantitative estimate of drug-likeness (QED) is 0.0217. The lowest BCUT2D eigenvalue weighted by atomic mass is 9.60. The molecule has 0 spiro atoms. The summed E-state index contributed by atoms with van der Waals surface area (Å²) >= 11 is 1.41. The zero-order chi connectivity index (χ0) is 67.6. The second kappa shape index (κ2) is 27.8. The number of anilines is 3. The molecule has 26 nitrogen and oxygen atoms in total. The number of thiazole rings is 1. The predicted octanol–water partition coefficient (Wildman–Crippen LogP) is 7.76. The van der Waals surface area contributed by atoms with Crippen molar-refractivity contribution in [1.29, 1.82) is 0 Å². The fourth-order valence-electron chi connectivity index (χ4n) is 15.2. The van der Waals surface area contributed by atoms with Crippen LogP contribution in [0.25, 0.3) is 21.3 Å². The van der Waals surface area contributed by atoms with Gasteiger partial charge in [0.1, 0.15) is 24.3 Å². The van der Waals surface area contributed by atoms with E-state index in [0.717, 1.165) is 64.5 Å². The summed E-state index contributed by atoms with van der Waals surface area (Å²) in [4.78, 5) is 90.9. The normalized spacial score (nSPS) is 24.2. The van der Waals surface area contributed by atoms with Crippen molar-refractivity contribution >= 4 is 84.0 Å². The van der Waals surface area contributed by atoms with Crippen molar-refractivity contribution in [2.24, 2.45) is 16.2 Å². The van der Waals surface area contributed by atoms with Gasteiger partial charge in [0, 0.05) is 93.4 Å². The molecule has 6 aromatic rings. The van der Waals surface area contributed by atoms with Gasteiger partial charge in [-0.3, -0.25) is 24.4 Å². The molecule has 4 aliphatic carbocycles. The van der Waals surface area contributed by atoms with Gasteiger partial charge in [0.15, 0.2) is 16.9 Å². The minimum atomic E-state index is -3.54. The van der Waals surface area contributed by atoms with Gasteiger partial charge >= 0.3 is 18.0 Å². The maximum atomic E-state index is 13.8. The van der Waals surface area contributed by atoms with E-state index >= 15 is 0 Å². The molecule has 4 bridgehead atoms. The molecule has 0 radical (unpaired) electrons. The Morgan fingerprint density at radius 2 is 1.71 bits per heavy atom. The number of sulfonamides is 1. The van der Waals surface area contributed by atoms with Gasteiger partial charge in [0.25, 0.3) is 5.91 Å². The summed E-state index contributed by atoms with van der Waals surface area (Å²) in [5.41, 5.74) is 4.62. The van der Waals surface area contributed by atoms with Crippen molar-refractivity contribution in [2.45, 2.75) is 148 Å². The van der Waals surface area contributed by atoms with Crippen LogP contribution in [0.4, 0.5) is 21.4 Å². The number of carbonyl (C=O) groups is 6. The van der Waals surface area contributed by atoms with Crippen LogP contribution in [0.15, 0.2) is 91.0 Å². The van der Waals surface area contributed by atoms with Crippen LogP contribution in [0.2, 0.25) is 0 Å². The van der Waals surface area contributed by atoms with E-state index in [0.29, 0.717) is 78.5 Å². The Morgan fingerprint density at radius 1 is 0.895 bits per heavy atom. The highest BCUT2D eigenvalue weighted by Crippen LogP contribution is 2.77. The van der Waals surface area contributed by atoms with E-state index in [1.165, 1.54) is 34.4 Å². The van der Waals surface area contributed by atoms with Gasteiger partial charge in [-0.15, -0.1) is 0 Å². The average molecular weight is 1350 g/mol. The number of para-hydroxylation sites is 1. The lowest BCUT2D eigenvalue weighted by Gasteiger charge is -2.46. The lowest BCUT2D eigenvalue weighted by molar-refractivity contribution is -0.238. The van der Waals surface area contributed by atoms with Crippen molar-refractivity contribution in [3.8, 4) is 16.9 Å². The Bertz CT molecular complexity index is 4040. The fraction of sp³-hybridized carbons (Fsp3) is 0.478. The molecule has 4 unspecified atom stereocenters. The Morgan fingerprint density at radius 3 is 2.48 bits per heavy atom. The van der Waals surface area contributed by atoms with Crippen LogP contribution in [0.1, 0.15) is 128 Å². The molecule has 506 valence electrons. The zero-order valence-corrected chi connectivity index (χ0v) is 55.1. The first-order chi connectivity index (χ1) is 45.3. The molecule has 4 amide bonds. The summed E-state index contributed by atoms with van der Waals surface area (Å²) < 4.78 is 52.5. The van der Waals surface area contributed by atoms with Crippen LogP contribution in [0.3, 0.4) is 0 Å². The number of nitrogens with zero attached hydrogens (tertiary/aromatic N) is 6. The number of rotatable bonds is 28. The molecule has 2 aliphatic heterocycles. The van der Waals surface area contributed by atoms with E-state index < -0.39 is 70.6 Å². The molecule has 8 N–H and O–H groups in total. The number of carbonyl (C=O) groups excluding carboxylic acids is 4. The van der Waals surface area contributed by atoms with Crippen LogP contribution in [-0.4, -0.2) is 159 Å². The number of aromatic carboxylic acids is 1. The van der Waals surface area contributed by atoms with Gasteiger partial charge in [-0.1, -0.05) is 68.5 Å². The number of likely N-dealkylation sites (N-methyl/N-ethyl adjacent to an activating group) is 1. The first-order valence-corrected chi connectivity index (χ1v) is 34.2. The second-order valence-electron chi connectivity index (χ2n) is 26.4. The molecule has 95 heavy (non-hydrogen) atoms. The van der Waals surface area contributed by atoms with E-state index in [-0.39, 0.29) is 90.9 Å². The Labute approximate surface area is 553 Å². The summed E-state index contributed by atoms with van der Waals surface area (Å²) in [6.45, 7) is 11.7. The first kappa shape index (κ1) is 68.0. The third-order valence-electron chi connectivity index (χ3n) is 19.2. The van der Waals surface area contributed by atoms with Crippen molar-refractivity contribution in [3.05, 3.63) is 125 Å². The molecule has 5 fully saturated rings. The largest absolute Gasteiger partial charge is 0.479 e. The van der Waals surface area contributed by atoms with E-state index in [4.69, 9.17) is 29.0 Å². The summed E-state index contributed by atoms with van der Waals surface area (Å²) in [5, 5.41) is 56.1. The van der Waals surface area contributed by atoms with Crippen LogP contribution in [0.5, 0.6) is 5.75 Å². The number of aliphatic hydroxyl groups is 2. The van der Waals surface area contributed by atoms with Gasteiger partial charge < -0.3 is 59.8 Å². The van der Waals surface area contributed by atoms with Gasteiger partial charge in [-0.2, -0.15) is 5.10 Å².